The Morgan fingerprint density at radius 3 is 2.50 bits per heavy atom. The van der Waals surface area contributed by atoms with Crippen LogP contribution >= 0.6 is 11.8 Å². The zero-order valence-corrected chi connectivity index (χ0v) is 11.5. The molecular formula is C13H20N2S. The third kappa shape index (κ3) is 1.86. The second-order valence-electron chi connectivity index (χ2n) is 5.29. The van der Waals surface area contributed by atoms with Crippen molar-refractivity contribution in [1.82, 2.24) is 0 Å². The van der Waals surface area contributed by atoms with Crippen molar-refractivity contribution >= 4 is 23.3 Å². The number of hydrogen-bond donors (Lipinski definition) is 0. The minimum absolute atomic E-state index is 0.0407. The maximum Gasteiger partial charge on any atom is 0.127 e. The molecule has 2 rings (SSSR count). The first-order valence-corrected chi connectivity index (χ1v) is 6.84. The zero-order chi connectivity index (χ0) is 11.9. The van der Waals surface area contributed by atoms with E-state index in [0.717, 1.165) is 5.84 Å². The average molecular weight is 236 g/mol. The molecule has 2 atom stereocenters. The van der Waals surface area contributed by atoms with Gasteiger partial charge in [0.05, 0.1) is 5.92 Å². The fraction of sp³-hybridized carbons (Fsp3) is 0.692. The molecule has 0 amide bonds. The lowest BCUT2D eigenvalue weighted by molar-refractivity contribution is 0.577. The molecule has 0 aromatic carbocycles. The summed E-state index contributed by atoms with van der Waals surface area (Å²) < 4.78 is 0. The highest BCUT2D eigenvalue weighted by molar-refractivity contribution is 8.03. The summed E-state index contributed by atoms with van der Waals surface area (Å²) in [6.07, 6.45) is 2.25. The summed E-state index contributed by atoms with van der Waals surface area (Å²) in [6, 6.07) is 0. The van der Waals surface area contributed by atoms with Gasteiger partial charge in [-0.3, -0.25) is 4.99 Å². The molecule has 2 aliphatic heterocycles. The first-order chi connectivity index (χ1) is 7.44. The Morgan fingerprint density at radius 1 is 1.25 bits per heavy atom. The molecule has 0 aromatic heterocycles. The molecule has 3 heteroatoms. The summed E-state index contributed by atoms with van der Waals surface area (Å²) in [7, 11) is 0. The number of nitrogens with zero attached hydrogens (tertiary/aromatic N) is 2. The zero-order valence-electron chi connectivity index (χ0n) is 10.7. The van der Waals surface area contributed by atoms with Crippen LogP contribution in [0.4, 0.5) is 0 Å². The van der Waals surface area contributed by atoms with E-state index >= 15 is 0 Å². The van der Waals surface area contributed by atoms with Gasteiger partial charge in [-0.1, -0.05) is 33.8 Å². The fourth-order valence-electron chi connectivity index (χ4n) is 2.18. The summed E-state index contributed by atoms with van der Waals surface area (Å²) in [5.41, 5.74) is 1.29. The Hall–Kier alpha value is -0.570. The molecule has 0 fully saturated rings. The second kappa shape index (κ2) is 4.02. The third-order valence-corrected chi connectivity index (χ3v) is 4.28. The molecule has 0 N–H and O–H groups in total. The molecule has 2 aliphatic rings. The van der Waals surface area contributed by atoms with Crippen LogP contribution in [0, 0.1) is 17.8 Å². The summed E-state index contributed by atoms with van der Waals surface area (Å²) in [4.78, 5) is 9.57. The van der Waals surface area contributed by atoms with Gasteiger partial charge >= 0.3 is 0 Å². The molecule has 2 unspecified atom stereocenters. The lowest BCUT2D eigenvalue weighted by Gasteiger charge is -2.34. The lowest BCUT2D eigenvalue weighted by Crippen LogP contribution is -2.39. The smallest absolute Gasteiger partial charge is 0.127 e. The largest absolute Gasteiger partial charge is 0.252 e. The van der Waals surface area contributed by atoms with Crippen LogP contribution in [0.2, 0.25) is 0 Å². The van der Waals surface area contributed by atoms with Crippen LogP contribution in [0.25, 0.3) is 0 Å². The van der Waals surface area contributed by atoms with Gasteiger partial charge in [-0.25, -0.2) is 4.99 Å². The molecule has 0 aliphatic carbocycles. The summed E-state index contributed by atoms with van der Waals surface area (Å²) in [5, 5.41) is 2.18. The van der Waals surface area contributed by atoms with Crippen molar-refractivity contribution in [3.63, 3.8) is 0 Å². The Labute approximate surface area is 102 Å². The minimum Gasteiger partial charge on any atom is -0.252 e. The van der Waals surface area contributed by atoms with Gasteiger partial charge in [0, 0.05) is 11.6 Å². The first kappa shape index (κ1) is 11.9. The van der Waals surface area contributed by atoms with Gasteiger partial charge in [0.2, 0.25) is 0 Å². The summed E-state index contributed by atoms with van der Waals surface area (Å²) >= 11 is 1.82. The van der Waals surface area contributed by atoms with E-state index in [-0.39, 0.29) is 4.87 Å². The van der Waals surface area contributed by atoms with Crippen LogP contribution in [0.1, 0.15) is 34.6 Å². The van der Waals surface area contributed by atoms with E-state index < -0.39 is 0 Å². The SMILES string of the molecule is CC(C)C1=NC2(C)SC=CC2C(C(C)C)=N1. The topological polar surface area (TPSA) is 24.7 Å². The molecule has 16 heavy (non-hydrogen) atoms. The third-order valence-electron chi connectivity index (χ3n) is 3.16. The number of aliphatic imine (C=N–C) groups is 2. The molecule has 0 spiro atoms. The molecular weight excluding hydrogens is 216 g/mol. The van der Waals surface area contributed by atoms with Crippen molar-refractivity contribution in [3.05, 3.63) is 11.5 Å². The maximum absolute atomic E-state index is 4.84. The van der Waals surface area contributed by atoms with Crippen molar-refractivity contribution in [3.8, 4) is 0 Å². The Morgan fingerprint density at radius 2 is 1.94 bits per heavy atom. The first-order valence-electron chi connectivity index (χ1n) is 5.97. The molecule has 0 radical (unpaired) electrons. The van der Waals surface area contributed by atoms with E-state index in [1.54, 1.807) is 0 Å². The van der Waals surface area contributed by atoms with E-state index in [2.05, 4.69) is 46.1 Å². The van der Waals surface area contributed by atoms with Crippen molar-refractivity contribution in [1.29, 1.82) is 0 Å². The second-order valence-corrected chi connectivity index (χ2v) is 6.63. The van der Waals surface area contributed by atoms with E-state index in [4.69, 9.17) is 9.98 Å². The Balaban J connectivity index is 2.43. The molecule has 2 nitrogen and oxygen atoms in total. The highest BCUT2D eigenvalue weighted by Crippen LogP contribution is 2.46. The molecule has 0 aromatic rings. The van der Waals surface area contributed by atoms with Crippen LogP contribution in [0.5, 0.6) is 0 Å². The van der Waals surface area contributed by atoms with Crippen molar-refractivity contribution < 1.29 is 0 Å². The van der Waals surface area contributed by atoms with Gasteiger partial charge in [-0.15, -0.1) is 11.8 Å². The maximum atomic E-state index is 4.84. The highest BCUT2D eigenvalue weighted by atomic mass is 32.2. The number of hydrogen-bond acceptors (Lipinski definition) is 3. The van der Waals surface area contributed by atoms with Crippen molar-refractivity contribution in [2.45, 2.75) is 39.5 Å². The monoisotopic (exact) mass is 236 g/mol. The quantitative estimate of drug-likeness (QED) is 0.716. The molecule has 0 saturated carbocycles. The Kier molecular flexibility index (Phi) is 2.99. The standard InChI is InChI=1S/C13H20N2S/c1-8(2)11-10-6-7-16-13(10,5)15-12(14-11)9(3)4/h6-10H,1-5H3. The Bertz CT molecular complexity index is 379. The fourth-order valence-corrected chi connectivity index (χ4v) is 3.18. The molecule has 0 bridgehead atoms. The molecule has 0 saturated heterocycles. The summed E-state index contributed by atoms with van der Waals surface area (Å²) in [5.74, 6) is 2.31. The van der Waals surface area contributed by atoms with Gasteiger partial charge in [-0.2, -0.15) is 0 Å². The van der Waals surface area contributed by atoms with E-state index in [0.29, 0.717) is 17.8 Å². The lowest BCUT2D eigenvalue weighted by atomic mass is 9.87. The predicted molar refractivity (Wildman–Crippen MR) is 73.2 cm³/mol. The highest BCUT2D eigenvalue weighted by Gasteiger charge is 2.43. The van der Waals surface area contributed by atoms with Crippen LogP contribution in [0.15, 0.2) is 21.5 Å². The van der Waals surface area contributed by atoms with E-state index in [1.165, 1.54) is 5.71 Å². The van der Waals surface area contributed by atoms with Gasteiger partial charge < -0.3 is 0 Å². The van der Waals surface area contributed by atoms with E-state index in [1.807, 2.05) is 11.8 Å². The normalized spacial score (nSPS) is 33.1. The van der Waals surface area contributed by atoms with Gasteiger partial charge in [0.15, 0.2) is 0 Å². The predicted octanol–water partition coefficient (Wildman–Crippen LogP) is 3.74. The van der Waals surface area contributed by atoms with Crippen LogP contribution < -0.4 is 0 Å². The van der Waals surface area contributed by atoms with Gasteiger partial charge in [-0.05, 0) is 18.2 Å². The average Bonchev–Trinajstić information content (AvgIpc) is 2.56. The van der Waals surface area contributed by atoms with Crippen LogP contribution in [0.3, 0.4) is 0 Å². The number of thioether (sulfide) groups is 1. The van der Waals surface area contributed by atoms with Crippen LogP contribution in [-0.4, -0.2) is 16.4 Å². The number of fused-ring (bicyclic) bond motifs is 1. The number of rotatable bonds is 2. The van der Waals surface area contributed by atoms with E-state index in [9.17, 15) is 0 Å². The van der Waals surface area contributed by atoms with Crippen molar-refractivity contribution in [2.75, 3.05) is 0 Å². The summed E-state index contributed by atoms with van der Waals surface area (Å²) in [6.45, 7) is 11.0. The number of amidine groups is 1. The minimum atomic E-state index is -0.0407. The van der Waals surface area contributed by atoms with Gasteiger partial charge in [0.25, 0.3) is 0 Å². The van der Waals surface area contributed by atoms with Crippen molar-refractivity contribution in [2.24, 2.45) is 27.7 Å². The van der Waals surface area contributed by atoms with Gasteiger partial charge in [0.1, 0.15) is 10.7 Å². The molecule has 2 heterocycles. The van der Waals surface area contributed by atoms with Crippen LogP contribution in [-0.2, 0) is 0 Å². The molecule has 88 valence electrons.